The molecule has 0 unspecified atom stereocenters. The fraction of sp³-hybridized carbons (Fsp3) is 0.0833. The van der Waals surface area contributed by atoms with Crippen LogP contribution in [0.5, 0.6) is 5.75 Å². The average molecular weight is 502 g/mol. The van der Waals surface area contributed by atoms with Crippen LogP contribution in [0.25, 0.3) is 22.3 Å². The van der Waals surface area contributed by atoms with E-state index in [9.17, 15) is 22.8 Å². The van der Waals surface area contributed by atoms with E-state index >= 15 is 0 Å². The summed E-state index contributed by atoms with van der Waals surface area (Å²) in [5, 5.41) is 13.2. The second kappa shape index (κ2) is 9.59. The maximum atomic E-state index is 13.3. The van der Waals surface area contributed by atoms with E-state index in [0.29, 0.717) is 11.1 Å². The predicted octanol–water partition coefficient (Wildman–Crippen LogP) is 5.08. The van der Waals surface area contributed by atoms with E-state index in [1.54, 1.807) is 18.2 Å². The van der Waals surface area contributed by atoms with E-state index in [-0.39, 0.29) is 27.5 Å². The number of carboxylic acid groups (broad SMARTS) is 1. The van der Waals surface area contributed by atoms with Crippen molar-refractivity contribution in [3.63, 3.8) is 0 Å². The van der Waals surface area contributed by atoms with Crippen LogP contribution in [-0.4, -0.2) is 33.6 Å². The normalized spacial score (nSPS) is 11.8. The van der Waals surface area contributed by atoms with Crippen molar-refractivity contribution < 1.29 is 27.8 Å². The number of halogens is 4. The number of carbonyl (C=O) groups is 1. The number of para-hydroxylation sites is 1. The Morgan fingerprint density at radius 1 is 1.11 bits per heavy atom. The van der Waals surface area contributed by atoms with Gasteiger partial charge < -0.3 is 9.84 Å². The Morgan fingerprint density at radius 3 is 2.60 bits per heavy atom. The minimum atomic E-state index is -4.58. The number of fused-ring (bicyclic) bond motifs is 1. The summed E-state index contributed by atoms with van der Waals surface area (Å²) in [6.07, 6.45) is -3.30. The molecule has 0 bridgehead atoms. The summed E-state index contributed by atoms with van der Waals surface area (Å²) in [4.78, 5) is 28.2. The zero-order valence-corrected chi connectivity index (χ0v) is 18.4. The summed E-state index contributed by atoms with van der Waals surface area (Å²) < 4.78 is 45.8. The van der Waals surface area contributed by atoms with Gasteiger partial charge in [-0.1, -0.05) is 35.9 Å². The molecule has 11 heteroatoms. The van der Waals surface area contributed by atoms with E-state index in [1.807, 2.05) is 0 Å². The molecule has 0 aliphatic rings. The first-order valence-electron chi connectivity index (χ1n) is 10.0. The Kier molecular flexibility index (Phi) is 6.57. The van der Waals surface area contributed by atoms with Gasteiger partial charge in [0.05, 0.1) is 27.7 Å². The number of ether oxygens (including phenoxy) is 1. The second-order valence-electron chi connectivity index (χ2n) is 7.26. The minimum absolute atomic E-state index is 0.0512. The highest BCUT2D eigenvalue weighted by molar-refractivity contribution is 6.32. The van der Waals surface area contributed by atoms with Crippen molar-refractivity contribution >= 4 is 34.7 Å². The number of aromatic nitrogens is 2. The summed E-state index contributed by atoms with van der Waals surface area (Å²) in [6.45, 7) is -0.578. The maximum absolute atomic E-state index is 13.3. The molecule has 0 aliphatic heterocycles. The maximum Gasteiger partial charge on any atom is 0.416 e. The predicted molar refractivity (Wildman–Crippen MR) is 124 cm³/mol. The Hall–Kier alpha value is -4.18. The van der Waals surface area contributed by atoms with Crippen LogP contribution in [0.15, 0.2) is 76.6 Å². The smallest absolute Gasteiger partial charge is 0.416 e. The lowest BCUT2D eigenvalue weighted by Crippen LogP contribution is -2.20. The third-order valence-electron chi connectivity index (χ3n) is 4.83. The van der Waals surface area contributed by atoms with E-state index in [1.165, 1.54) is 42.6 Å². The number of hydrogen-bond donors (Lipinski definition) is 1. The van der Waals surface area contributed by atoms with Crippen LogP contribution in [0.4, 0.5) is 13.2 Å². The second-order valence-corrected chi connectivity index (χ2v) is 7.67. The molecule has 0 spiro atoms. The van der Waals surface area contributed by atoms with Crippen LogP contribution in [0, 0.1) is 0 Å². The Bertz CT molecular complexity index is 1520. The molecule has 1 heterocycles. The summed E-state index contributed by atoms with van der Waals surface area (Å²) in [5.74, 6) is -1.11. The lowest BCUT2D eigenvalue weighted by Gasteiger charge is -2.12. The van der Waals surface area contributed by atoms with Crippen LogP contribution < -0.4 is 10.3 Å². The first kappa shape index (κ1) is 24.0. The van der Waals surface area contributed by atoms with Crippen molar-refractivity contribution in [1.82, 2.24) is 9.66 Å². The van der Waals surface area contributed by atoms with Crippen molar-refractivity contribution in [3.05, 3.63) is 93.2 Å². The Balaban J connectivity index is 1.81. The van der Waals surface area contributed by atoms with Crippen molar-refractivity contribution in [2.75, 3.05) is 6.61 Å². The van der Waals surface area contributed by atoms with Gasteiger partial charge in [0.15, 0.2) is 12.4 Å². The summed E-state index contributed by atoms with van der Waals surface area (Å²) in [6, 6.07) is 15.3. The fourth-order valence-corrected chi connectivity index (χ4v) is 3.47. The summed E-state index contributed by atoms with van der Waals surface area (Å²) in [7, 11) is 0. The molecule has 0 aliphatic carbocycles. The monoisotopic (exact) mass is 501 g/mol. The lowest BCUT2D eigenvalue weighted by molar-refractivity contribution is -0.139. The molecule has 178 valence electrons. The number of nitrogens with zero attached hydrogens (tertiary/aromatic N) is 3. The standard InChI is InChI=1S/C24H15ClF3N3O4/c25-18-10-14(8-9-20(18)35-13-21(32)33)12-29-31-22(15-4-3-5-16(11-15)24(26,27)28)30-19-7-2-1-6-17(19)23(31)34/h1-12H,13H2,(H,32,33). The first-order chi connectivity index (χ1) is 16.6. The molecule has 4 rings (SSSR count). The van der Waals surface area contributed by atoms with Crippen molar-refractivity contribution in [2.24, 2.45) is 5.10 Å². The van der Waals surface area contributed by atoms with Gasteiger partial charge in [-0.25, -0.2) is 9.78 Å². The van der Waals surface area contributed by atoms with Gasteiger partial charge in [-0.3, -0.25) is 4.79 Å². The van der Waals surface area contributed by atoms with Crippen LogP contribution in [0.3, 0.4) is 0 Å². The average Bonchev–Trinajstić information content (AvgIpc) is 2.82. The highest BCUT2D eigenvalue weighted by Crippen LogP contribution is 2.32. The quantitative estimate of drug-likeness (QED) is 0.372. The van der Waals surface area contributed by atoms with Crippen LogP contribution in [0.1, 0.15) is 11.1 Å². The number of benzene rings is 3. The van der Waals surface area contributed by atoms with Crippen LogP contribution in [-0.2, 0) is 11.0 Å². The molecule has 4 aromatic rings. The lowest BCUT2D eigenvalue weighted by atomic mass is 10.1. The third-order valence-corrected chi connectivity index (χ3v) is 5.13. The SMILES string of the molecule is O=C(O)COc1ccc(C=Nn2c(-c3cccc(C(F)(F)F)c3)nc3ccccc3c2=O)cc1Cl. The topological polar surface area (TPSA) is 93.8 Å². The number of hydrogen-bond acceptors (Lipinski definition) is 5. The van der Waals surface area contributed by atoms with Gasteiger partial charge in [-0.2, -0.15) is 22.9 Å². The number of alkyl halides is 3. The molecular weight excluding hydrogens is 487 g/mol. The van der Waals surface area contributed by atoms with E-state index in [0.717, 1.165) is 16.8 Å². The van der Waals surface area contributed by atoms with E-state index in [4.69, 9.17) is 21.4 Å². The van der Waals surface area contributed by atoms with Gasteiger partial charge >= 0.3 is 12.1 Å². The zero-order chi connectivity index (χ0) is 25.2. The molecule has 7 nitrogen and oxygen atoms in total. The molecule has 35 heavy (non-hydrogen) atoms. The zero-order valence-electron chi connectivity index (χ0n) is 17.7. The third kappa shape index (κ3) is 5.33. The molecular formula is C24H15ClF3N3O4. The molecule has 1 N–H and O–H groups in total. The molecule has 0 fully saturated rings. The minimum Gasteiger partial charge on any atom is -0.480 e. The van der Waals surface area contributed by atoms with Crippen molar-refractivity contribution in [1.29, 1.82) is 0 Å². The number of rotatable bonds is 6. The summed E-state index contributed by atoms with van der Waals surface area (Å²) >= 11 is 6.12. The van der Waals surface area contributed by atoms with Crippen molar-refractivity contribution in [3.8, 4) is 17.1 Å². The molecule has 0 saturated carbocycles. The Morgan fingerprint density at radius 2 is 1.89 bits per heavy atom. The van der Waals surface area contributed by atoms with E-state index in [2.05, 4.69) is 10.1 Å². The van der Waals surface area contributed by atoms with Crippen LogP contribution >= 0.6 is 11.6 Å². The summed E-state index contributed by atoms with van der Waals surface area (Å²) in [5.41, 5.74) is -0.689. The molecule has 0 radical (unpaired) electrons. The first-order valence-corrected chi connectivity index (χ1v) is 10.4. The molecule has 1 aromatic heterocycles. The number of carboxylic acids is 1. The van der Waals surface area contributed by atoms with Gasteiger partial charge in [-0.15, -0.1) is 0 Å². The highest BCUT2D eigenvalue weighted by Gasteiger charge is 2.31. The molecule has 0 saturated heterocycles. The van der Waals surface area contributed by atoms with Gasteiger partial charge in [0, 0.05) is 5.56 Å². The Labute approximate surface area is 200 Å². The number of aliphatic carboxylic acids is 1. The van der Waals surface area contributed by atoms with Gasteiger partial charge in [0.25, 0.3) is 5.56 Å². The molecule has 0 amide bonds. The van der Waals surface area contributed by atoms with Crippen molar-refractivity contribution in [2.45, 2.75) is 6.18 Å². The van der Waals surface area contributed by atoms with Crippen LogP contribution in [0.2, 0.25) is 5.02 Å². The van der Waals surface area contributed by atoms with Gasteiger partial charge in [0.1, 0.15) is 5.75 Å². The van der Waals surface area contributed by atoms with Gasteiger partial charge in [0.2, 0.25) is 0 Å². The molecule has 0 atom stereocenters. The van der Waals surface area contributed by atoms with E-state index < -0.39 is 29.9 Å². The van der Waals surface area contributed by atoms with Gasteiger partial charge in [-0.05, 0) is 48.0 Å². The highest BCUT2D eigenvalue weighted by atomic mass is 35.5. The largest absolute Gasteiger partial charge is 0.480 e. The molecule has 3 aromatic carbocycles. The fourth-order valence-electron chi connectivity index (χ4n) is 3.23.